The number of likely N-dealkylation sites (tertiary alicyclic amines) is 1. The summed E-state index contributed by atoms with van der Waals surface area (Å²) >= 11 is 7.85. The SMILES string of the molecule is O=C(N1CCC(c2nc3cc(Cl)ccc3s2)CC1)C1(c2ccccc2)CC1. The molecule has 1 saturated carbocycles. The van der Waals surface area contributed by atoms with Crippen LogP contribution < -0.4 is 0 Å². The minimum Gasteiger partial charge on any atom is -0.342 e. The Morgan fingerprint density at radius 3 is 2.56 bits per heavy atom. The van der Waals surface area contributed by atoms with E-state index in [4.69, 9.17) is 16.6 Å². The third-order valence-electron chi connectivity index (χ3n) is 5.98. The molecule has 1 aromatic heterocycles. The molecule has 0 spiro atoms. The standard InChI is InChI=1S/C22H21ClN2OS/c23-17-6-7-19-18(14-17)24-20(27-19)15-8-12-25(13-9-15)21(26)22(10-11-22)16-4-2-1-3-5-16/h1-7,14-15H,8-13H2. The van der Waals surface area contributed by atoms with Crippen LogP contribution in [-0.2, 0) is 10.2 Å². The van der Waals surface area contributed by atoms with Gasteiger partial charge in [0.25, 0.3) is 0 Å². The summed E-state index contributed by atoms with van der Waals surface area (Å²) < 4.78 is 1.19. The minimum atomic E-state index is -0.249. The van der Waals surface area contributed by atoms with E-state index in [0.29, 0.717) is 11.8 Å². The van der Waals surface area contributed by atoms with Crippen molar-refractivity contribution in [3.63, 3.8) is 0 Å². The summed E-state index contributed by atoms with van der Waals surface area (Å²) in [5.74, 6) is 0.764. The fraction of sp³-hybridized carbons (Fsp3) is 0.364. The van der Waals surface area contributed by atoms with Crippen molar-refractivity contribution in [2.24, 2.45) is 0 Å². The summed E-state index contributed by atoms with van der Waals surface area (Å²) in [5.41, 5.74) is 1.92. The van der Waals surface area contributed by atoms with Crippen LogP contribution in [0.2, 0.25) is 5.02 Å². The Labute approximate surface area is 168 Å². The summed E-state index contributed by atoms with van der Waals surface area (Å²) in [4.78, 5) is 20.1. The highest BCUT2D eigenvalue weighted by Gasteiger charge is 2.53. The molecule has 1 aliphatic carbocycles. The number of halogens is 1. The number of rotatable bonds is 3. The number of carbonyl (C=O) groups excluding carboxylic acids is 1. The van der Waals surface area contributed by atoms with E-state index in [-0.39, 0.29) is 5.41 Å². The molecule has 5 heteroatoms. The summed E-state index contributed by atoms with van der Waals surface area (Å²) in [5, 5.41) is 1.92. The van der Waals surface area contributed by atoms with Gasteiger partial charge in [0, 0.05) is 24.0 Å². The molecule has 0 radical (unpaired) electrons. The Kier molecular flexibility index (Phi) is 4.21. The van der Waals surface area contributed by atoms with Crippen molar-refractivity contribution in [3.8, 4) is 0 Å². The maximum absolute atomic E-state index is 13.2. The van der Waals surface area contributed by atoms with Crippen LogP contribution in [-0.4, -0.2) is 28.9 Å². The normalized spacial score (nSPS) is 19.4. The molecule has 138 valence electrons. The van der Waals surface area contributed by atoms with Gasteiger partial charge in [-0.3, -0.25) is 4.79 Å². The molecule has 0 N–H and O–H groups in total. The predicted molar refractivity (Wildman–Crippen MR) is 111 cm³/mol. The summed E-state index contributed by atoms with van der Waals surface area (Å²) in [6, 6.07) is 16.2. The molecule has 0 bridgehead atoms. The monoisotopic (exact) mass is 396 g/mol. The Morgan fingerprint density at radius 2 is 1.85 bits per heavy atom. The largest absolute Gasteiger partial charge is 0.342 e. The van der Waals surface area contributed by atoms with E-state index in [1.165, 1.54) is 15.3 Å². The molecular weight excluding hydrogens is 376 g/mol. The van der Waals surface area contributed by atoms with Gasteiger partial charge in [-0.25, -0.2) is 4.98 Å². The Balaban J connectivity index is 1.29. The van der Waals surface area contributed by atoms with Gasteiger partial charge in [0.2, 0.25) is 5.91 Å². The van der Waals surface area contributed by atoms with Gasteiger partial charge in [0.05, 0.1) is 20.6 Å². The van der Waals surface area contributed by atoms with E-state index in [1.807, 2.05) is 36.4 Å². The highest BCUT2D eigenvalue weighted by atomic mass is 35.5. The fourth-order valence-electron chi connectivity index (χ4n) is 4.23. The number of fused-ring (bicyclic) bond motifs is 1. The molecule has 1 aliphatic heterocycles. The molecule has 0 atom stereocenters. The second-order valence-corrected chi connectivity index (χ2v) is 9.18. The van der Waals surface area contributed by atoms with E-state index in [2.05, 4.69) is 17.0 Å². The number of aromatic nitrogens is 1. The van der Waals surface area contributed by atoms with Gasteiger partial charge >= 0.3 is 0 Å². The molecule has 5 rings (SSSR count). The van der Waals surface area contributed by atoms with Crippen molar-refractivity contribution in [3.05, 3.63) is 64.1 Å². The first-order chi connectivity index (χ1) is 13.2. The number of piperidine rings is 1. The average Bonchev–Trinajstić information content (AvgIpc) is 3.42. The molecular formula is C22H21ClN2OS. The van der Waals surface area contributed by atoms with Crippen molar-refractivity contribution >= 4 is 39.1 Å². The van der Waals surface area contributed by atoms with E-state index >= 15 is 0 Å². The van der Waals surface area contributed by atoms with Crippen LogP contribution in [0.15, 0.2) is 48.5 Å². The zero-order chi connectivity index (χ0) is 18.4. The van der Waals surface area contributed by atoms with Crippen molar-refractivity contribution < 1.29 is 4.79 Å². The summed E-state index contributed by atoms with van der Waals surface area (Å²) in [6.45, 7) is 1.66. The Hall–Kier alpha value is -1.91. The number of nitrogens with zero attached hydrogens (tertiary/aromatic N) is 2. The molecule has 2 fully saturated rings. The van der Waals surface area contributed by atoms with E-state index in [1.54, 1.807) is 11.3 Å². The van der Waals surface area contributed by atoms with Gasteiger partial charge in [0.15, 0.2) is 0 Å². The molecule has 2 aliphatic rings. The fourth-order valence-corrected chi connectivity index (χ4v) is 5.52. The molecule has 3 nitrogen and oxygen atoms in total. The first-order valence-corrected chi connectivity index (χ1v) is 10.8. The molecule has 3 aromatic rings. The Morgan fingerprint density at radius 1 is 1.11 bits per heavy atom. The average molecular weight is 397 g/mol. The molecule has 27 heavy (non-hydrogen) atoms. The van der Waals surface area contributed by atoms with Crippen LogP contribution in [0.25, 0.3) is 10.2 Å². The van der Waals surface area contributed by atoms with Gasteiger partial charge in [-0.15, -0.1) is 11.3 Å². The number of hydrogen-bond donors (Lipinski definition) is 0. The van der Waals surface area contributed by atoms with Crippen LogP contribution >= 0.6 is 22.9 Å². The van der Waals surface area contributed by atoms with Crippen LogP contribution in [0.5, 0.6) is 0 Å². The molecule has 1 amide bonds. The lowest BCUT2D eigenvalue weighted by Gasteiger charge is -2.34. The van der Waals surface area contributed by atoms with Crippen molar-refractivity contribution in [1.29, 1.82) is 0 Å². The highest BCUT2D eigenvalue weighted by Crippen LogP contribution is 2.50. The summed E-state index contributed by atoms with van der Waals surface area (Å²) in [6.07, 6.45) is 3.94. The van der Waals surface area contributed by atoms with Gasteiger partial charge in [-0.05, 0) is 49.4 Å². The van der Waals surface area contributed by atoms with Gasteiger partial charge < -0.3 is 4.90 Å². The topological polar surface area (TPSA) is 33.2 Å². The van der Waals surface area contributed by atoms with Crippen LogP contribution in [0.4, 0.5) is 0 Å². The zero-order valence-corrected chi connectivity index (χ0v) is 16.6. The van der Waals surface area contributed by atoms with Crippen LogP contribution in [0.3, 0.4) is 0 Å². The number of benzene rings is 2. The molecule has 0 unspecified atom stereocenters. The number of thiazole rings is 1. The minimum absolute atomic E-state index is 0.249. The second kappa shape index (κ2) is 6.61. The number of carbonyl (C=O) groups is 1. The molecule has 2 aromatic carbocycles. The lowest BCUT2D eigenvalue weighted by molar-refractivity contribution is -0.135. The third-order valence-corrected chi connectivity index (χ3v) is 7.42. The van der Waals surface area contributed by atoms with Crippen molar-refractivity contribution in [2.75, 3.05) is 13.1 Å². The lowest BCUT2D eigenvalue weighted by atomic mass is 9.91. The van der Waals surface area contributed by atoms with Crippen LogP contribution in [0.1, 0.15) is 42.2 Å². The van der Waals surface area contributed by atoms with Gasteiger partial charge in [-0.2, -0.15) is 0 Å². The molecule has 2 heterocycles. The first-order valence-electron chi connectivity index (χ1n) is 9.57. The molecule has 1 saturated heterocycles. The van der Waals surface area contributed by atoms with Crippen molar-refractivity contribution in [1.82, 2.24) is 9.88 Å². The predicted octanol–water partition coefficient (Wildman–Crippen LogP) is 5.39. The third kappa shape index (κ3) is 3.05. The quantitative estimate of drug-likeness (QED) is 0.594. The van der Waals surface area contributed by atoms with E-state index in [9.17, 15) is 4.79 Å². The van der Waals surface area contributed by atoms with E-state index in [0.717, 1.165) is 49.3 Å². The van der Waals surface area contributed by atoms with Gasteiger partial charge in [-0.1, -0.05) is 41.9 Å². The zero-order valence-electron chi connectivity index (χ0n) is 15.0. The number of hydrogen-bond acceptors (Lipinski definition) is 3. The highest BCUT2D eigenvalue weighted by molar-refractivity contribution is 7.18. The van der Waals surface area contributed by atoms with E-state index < -0.39 is 0 Å². The van der Waals surface area contributed by atoms with Gasteiger partial charge in [0.1, 0.15) is 0 Å². The number of amides is 1. The Bertz CT molecular complexity index is 988. The first kappa shape index (κ1) is 17.2. The summed E-state index contributed by atoms with van der Waals surface area (Å²) in [7, 11) is 0. The second-order valence-electron chi connectivity index (χ2n) is 7.68. The smallest absolute Gasteiger partial charge is 0.233 e. The maximum atomic E-state index is 13.2. The van der Waals surface area contributed by atoms with Crippen LogP contribution in [0, 0.1) is 0 Å². The lowest BCUT2D eigenvalue weighted by Crippen LogP contribution is -2.43. The maximum Gasteiger partial charge on any atom is 0.233 e. The van der Waals surface area contributed by atoms with Crippen molar-refractivity contribution in [2.45, 2.75) is 37.0 Å².